The van der Waals surface area contributed by atoms with E-state index in [1.807, 2.05) is 0 Å². The Morgan fingerprint density at radius 3 is 2.72 bits per heavy atom. The molecule has 3 nitrogen and oxygen atoms in total. The molecule has 0 aliphatic heterocycles. The molecule has 94 valence electrons. The van der Waals surface area contributed by atoms with Gasteiger partial charge in [0.2, 0.25) is 0 Å². The highest BCUT2D eigenvalue weighted by atomic mass is 35.5. The van der Waals surface area contributed by atoms with Crippen LogP contribution in [-0.4, -0.2) is 4.98 Å². The Bertz CT molecular complexity index is 578. The topological polar surface area (TPSA) is 48.1 Å². The molecular weight excluding hydrogens is 262 g/mol. The molecule has 0 saturated heterocycles. The number of benzene rings is 1. The molecule has 1 aromatic heterocycles. The monoisotopic (exact) mass is 270 g/mol. The van der Waals surface area contributed by atoms with Gasteiger partial charge >= 0.3 is 0 Å². The predicted molar refractivity (Wildman–Crippen MR) is 64.3 cm³/mol. The van der Waals surface area contributed by atoms with E-state index in [1.165, 1.54) is 24.4 Å². The van der Waals surface area contributed by atoms with E-state index in [4.69, 9.17) is 22.1 Å². The number of rotatable bonds is 3. The van der Waals surface area contributed by atoms with Crippen LogP contribution in [0.15, 0.2) is 30.6 Å². The number of halogens is 3. The fourth-order valence-corrected chi connectivity index (χ4v) is 1.57. The minimum atomic E-state index is -0.574. The van der Waals surface area contributed by atoms with Gasteiger partial charge in [-0.15, -0.1) is 0 Å². The zero-order valence-electron chi connectivity index (χ0n) is 9.16. The third-order valence-electron chi connectivity index (χ3n) is 2.24. The van der Waals surface area contributed by atoms with Crippen molar-refractivity contribution in [2.45, 2.75) is 6.61 Å². The Morgan fingerprint density at radius 1 is 1.22 bits per heavy atom. The lowest BCUT2D eigenvalue weighted by molar-refractivity contribution is 0.302. The van der Waals surface area contributed by atoms with Crippen LogP contribution in [0.25, 0.3) is 0 Å². The van der Waals surface area contributed by atoms with Crippen LogP contribution in [0, 0.1) is 11.6 Å². The number of nitrogens with two attached hydrogens (primary N) is 1. The lowest BCUT2D eigenvalue weighted by Gasteiger charge is -2.08. The maximum atomic E-state index is 13.2. The van der Waals surface area contributed by atoms with Crippen molar-refractivity contribution in [3.63, 3.8) is 0 Å². The number of hydrogen-bond donors (Lipinski definition) is 1. The maximum Gasteiger partial charge on any atom is 0.146 e. The molecule has 2 aromatic rings. The minimum absolute atomic E-state index is 0.00116. The summed E-state index contributed by atoms with van der Waals surface area (Å²) >= 11 is 5.88. The van der Waals surface area contributed by atoms with Gasteiger partial charge in [-0.3, -0.25) is 4.98 Å². The summed E-state index contributed by atoms with van der Waals surface area (Å²) in [6.45, 7) is 0.00116. The summed E-state index contributed by atoms with van der Waals surface area (Å²) in [7, 11) is 0. The molecule has 1 heterocycles. The van der Waals surface area contributed by atoms with E-state index in [1.54, 1.807) is 0 Å². The van der Waals surface area contributed by atoms with Gasteiger partial charge in [-0.2, -0.15) is 0 Å². The van der Waals surface area contributed by atoms with Gasteiger partial charge in [-0.1, -0.05) is 11.6 Å². The summed E-state index contributed by atoms with van der Waals surface area (Å²) in [6.07, 6.45) is 2.41. The van der Waals surface area contributed by atoms with Crippen LogP contribution in [0.2, 0.25) is 5.02 Å². The largest absolute Gasteiger partial charge is 0.487 e. The Labute approximate surface area is 107 Å². The molecule has 0 unspecified atom stereocenters. The molecular formula is C12H9ClF2N2O. The van der Waals surface area contributed by atoms with E-state index < -0.39 is 11.6 Å². The number of nitrogens with zero attached hydrogens (tertiary/aromatic N) is 1. The smallest absolute Gasteiger partial charge is 0.146 e. The molecule has 0 spiro atoms. The first kappa shape index (κ1) is 12.6. The Morgan fingerprint density at radius 2 is 2.00 bits per heavy atom. The average Bonchev–Trinajstić information content (AvgIpc) is 2.32. The van der Waals surface area contributed by atoms with Crippen LogP contribution < -0.4 is 10.5 Å². The molecule has 6 heteroatoms. The summed E-state index contributed by atoms with van der Waals surface area (Å²) < 4.78 is 31.3. The van der Waals surface area contributed by atoms with Crippen molar-refractivity contribution in [1.29, 1.82) is 0 Å². The van der Waals surface area contributed by atoms with Crippen LogP contribution in [0.5, 0.6) is 5.75 Å². The van der Waals surface area contributed by atoms with Gasteiger partial charge in [0, 0.05) is 16.7 Å². The van der Waals surface area contributed by atoms with Gasteiger partial charge in [0.25, 0.3) is 0 Å². The highest BCUT2D eigenvalue weighted by Gasteiger charge is 2.07. The SMILES string of the molecule is Nc1cc(Cl)c(COc2cncc(F)c2)cc1F. The van der Waals surface area contributed by atoms with E-state index in [0.717, 1.165) is 6.20 Å². The molecule has 0 saturated carbocycles. The molecule has 0 aliphatic carbocycles. The number of hydrogen-bond acceptors (Lipinski definition) is 3. The van der Waals surface area contributed by atoms with Crippen molar-refractivity contribution < 1.29 is 13.5 Å². The summed E-state index contributed by atoms with van der Waals surface area (Å²) in [5.74, 6) is -0.847. The first-order valence-electron chi connectivity index (χ1n) is 5.03. The van der Waals surface area contributed by atoms with Crippen molar-refractivity contribution >= 4 is 17.3 Å². The average molecular weight is 271 g/mol. The van der Waals surface area contributed by atoms with Crippen molar-refractivity contribution in [3.8, 4) is 5.75 Å². The van der Waals surface area contributed by atoms with Gasteiger partial charge < -0.3 is 10.5 Å². The normalized spacial score (nSPS) is 10.4. The molecule has 0 bridgehead atoms. The predicted octanol–water partition coefficient (Wildman–Crippen LogP) is 3.17. The first-order valence-corrected chi connectivity index (χ1v) is 5.41. The fourth-order valence-electron chi connectivity index (χ4n) is 1.35. The lowest BCUT2D eigenvalue weighted by Crippen LogP contribution is -2.00. The van der Waals surface area contributed by atoms with Gasteiger partial charge in [-0.25, -0.2) is 8.78 Å². The second-order valence-corrected chi connectivity index (χ2v) is 4.00. The summed E-state index contributed by atoms with van der Waals surface area (Å²) in [4.78, 5) is 3.62. The van der Waals surface area contributed by atoms with Crippen LogP contribution in [0.3, 0.4) is 0 Å². The van der Waals surface area contributed by atoms with E-state index >= 15 is 0 Å². The Balaban J connectivity index is 2.13. The lowest BCUT2D eigenvalue weighted by atomic mass is 10.2. The summed E-state index contributed by atoms with van der Waals surface area (Å²) in [6, 6.07) is 3.67. The van der Waals surface area contributed by atoms with Crippen molar-refractivity contribution in [1.82, 2.24) is 4.98 Å². The summed E-state index contributed by atoms with van der Waals surface area (Å²) in [5.41, 5.74) is 5.75. The van der Waals surface area contributed by atoms with Crippen LogP contribution in [0.4, 0.5) is 14.5 Å². The molecule has 0 fully saturated rings. The van der Waals surface area contributed by atoms with Crippen LogP contribution in [-0.2, 0) is 6.61 Å². The third-order valence-corrected chi connectivity index (χ3v) is 2.59. The zero-order chi connectivity index (χ0) is 13.1. The Kier molecular flexibility index (Phi) is 3.62. The molecule has 1 aromatic carbocycles. The first-order chi connectivity index (χ1) is 8.56. The van der Waals surface area contributed by atoms with Crippen LogP contribution >= 0.6 is 11.6 Å². The minimum Gasteiger partial charge on any atom is -0.487 e. The van der Waals surface area contributed by atoms with Crippen molar-refractivity contribution in [3.05, 3.63) is 52.8 Å². The third kappa shape index (κ3) is 2.87. The van der Waals surface area contributed by atoms with Gasteiger partial charge in [0.1, 0.15) is 24.0 Å². The number of ether oxygens (including phenoxy) is 1. The molecule has 2 rings (SSSR count). The molecule has 0 radical (unpaired) electrons. The second kappa shape index (κ2) is 5.18. The quantitative estimate of drug-likeness (QED) is 0.872. The molecule has 0 amide bonds. The molecule has 2 N–H and O–H groups in total. The maximum absolute atomic E-state index is 13.2. The molecule has 0 atom stereocenters. The van der Waals surface area contributed by atoms with Gasteiger partial charge in [0.05, 0.1) is 18.1 Å². The standard InChI is InChI=1S/C12H9ClF2N2O/c13-10-3-12(16)11(15)1-7(10)6-18-9-2-8(14)4-17-5-9/h1-5H,6,16H2. The summed E-state index contributed by atoms with van der Waals surface area (Å²) in [5, 5.41) is 0.290. The highest BCUT2D eigenvalue weighted by Crippen LogP contribution is 2.23. The van der Waals surface area contributed by atoms with Gasteiger partial charge in [0.15, 0.2) is 0 Å². The number of aromatic nitrogens is 1. The number of anilines is 1. The van der Waals surface area contributed by atoms with Crippen LogP contribution in [0.1, 0.15) is 5.56 Å². The van der Waals surface area contributed by atoms with Crippen molar-refractivity contribution in [2.75, 3.05) is 5.73 Å². The van der Waals surface area contributed by atoms with E-state index in [9.17, 15) is 8.78 Å². The van der Waals surface area contributed by atoms with Crippen molar-refractivity contribution in [2.24, 2.45) is 0 Å². The van der Waals surface area contributed by atoms with E-state index in [2.05, 4.69) is 4.98 Å². The highest BCUT2D eigenvalue weighted by molar-refractivity contribution is 6.31. The van der Waals surface area contributed by atoms with Gasteiger partial charge in [-0.05, 0) is 12.1 Å². The van der Waals surface area contributed by atoms with E-state index in [-0.39, 0.29) is 18.0 Å². The second-order valence-electron chi connectivity index (χ2n) is 3.59. The molecule has 0 aliphatic rings. The number of nitrogen functional groups attached to an aromatic ring is 1. The Hall–Kier alpha value is -1.88. The zero-order valence-corrected chi connectivity index (χ0v) is 9.92. The van der Waals surface area contributed by atoms with E-state index in [0.29, 0.717) is 10.6 Å². The molecule has 18 heavy (non-hydrogen) atoms. The number of pyridine rings is 1. The fraction of sp³-hybridized carbons (Fsp3) is 0.0833.